The molecule has 0 radical (unpaired) electrons. The number of nitrogens with two attached hydrogens (primary N) is 1. The predicted octanol–water partition coefficient (Wildman–Crippen LogP) is -0.496. The fourth-order valence-corrected chi connectivity index (χ4v) is 1.57. The van der Waals surface area contributed by atoms with Crippen LogP contribution in [0.5, 0.6) is 0 Å². The lowest BCUT2D eigenvalue weighted by atomic mass is 10.0. The van der Waals surface area contributed by atoms with Crippen molar-refractivity contribution in [3.63, 3.8) is 0 Å². The molecule has 4 N–H and O–H groups in total. The first-order chi connectivity index (χ1) is 9.47. The smallest absolute Gasteiger partial charge is 0.414 e. The number of hydrogen-bond donors (Lipinski definition) is 3. The number of nitrogens with zero attached hydrogens (tertiary/aromatic N) is 3. The summed E-state index contributed by atoms with van der Waals surface area (Å²) in [6.07, 6.45) is 0. The molecule has 0 saturated carbocycles. The van der Waals surface area contributed by atoms with Crippen LogP contribution in [0.3, 0.4) is 0 Å². The second-order valence-corrected chi connectivity index (χ2v) is 4.11. The number of aromatic nitrogens is 1. The maximum Gasteiger partial charge on any atom is 0.414 e. The second-order valence-electron chi connectivity index (χ2n) is 4.11. The normalized spacial score (nSPS) is 13.5. The van der Waals surface area contributed by atoms with Gasteiger partial charge in [-0.15, -0.1) is 0 Å². The number of rotatable bonds is 2. The average Bonchev–Trinajstić information content (AvgIpc) is 2.38. The van der Waals surface area contributed by atoms with Gasteiger partial charge in [0.05, 0.1) is 0 Å². The van der Waals surface area contributed by atoms with Crippen molar-refractivity contribution < 1.29 is 19.8 Å². The van der Waals surface area contributed by atoms with Gasteiger partial charge in [0.1, 0.15) is 17.6 Å². The van der Waals surface area contributed by atoms with Crippen LogP contribution in [-0.4, -0.2) is 46.8 Å². The van der Waals surface area contributed by atoms with Gasteiger partial charge in [-0.25, -0.2) is 14.6 Å². The van der Waals surface area contributed by atoms with Gasteiger partial charge in [0.15, 0.2) is 0 Å². The average molecular weight is 278 g/mol. The van der Waals surface area contributed by atoms with Crippen LogP contribution in [-0.2, 0) is 9.59 Å². The van der Waals surface area contributed by atoms with Gasteiger partial charge in [0.2, 0.25) is 0 Å². The van der Waals surface area contributed by atoms with Crippen LogP contribution in [0.2, 0.25) is 0 Å². The Bertz CT molecular complexity index is 523. The van der Waals surface area contributed by atoms with E-state index >= 15 is 0 Å². The molecule has 0 aromatic carbocycles. The van der Waals surface area contributed by atoms with Crippen LogP contribution in [0.25, 0.3) is 0 Å². The molecule has 8 heteroatoms. The van der Waals surface area contributed by atoms with Gasteiger partial charge < -0.3 is 20.8 Å². The first-order valence-electron chi connectivity index (χ1n) is 5.76. The van der Waals surface area contributed by atoms with Crippen LogP contribution in [0, 0.1) is 17.2 Å². The zero-order valence-electron chi connectivity index (χ0n) is 10.6. The number of carboxylic acids is 2. The van der Waals surface area contributed by atoms with E-state index in [1.807, 2.05) is 18.2 Å². The summed E-state index contributed by atoms with van der Waals surface area (Å²) in [5.74, 6) is -2.18. The molecule has 0 amide bonds. The van der Waals surface area contributed by atoms with Gasteiger partial charge in [-0.1, -0.05) is 6.07 Å². The van der Waals surface area contributed by atoms with Crippen LogP contribution in [0.4, 0.5) is 5.82 Å². The van der Waals surface area contributed by atoms with Gasteiger partial charge in [0, 0.05) is 19.0 Å². The third kappa shape index (κ3) is 4.22. The molecule has 1 aliphatic rings. The Morgan fingerprint density at radius 2 is 2.00 bits per heavy atom. The molecule has 2 rings (SSSR count). The monoisotopic (exact) mass is 278 g/mol. The zero-order valence-corrected chi connectivity index (χ0v) is 10.6. The molecule has 1 aliphatic heterocycles. The number of hydrogen-bond acceptors (Lipinski definition) is 6. The Hall–Kier alpha value is -2.66. The molecule has 0 unspecified atom stereocenters. The topological polar surface area (TPSA) is 141 Å². The maximum atomic E-state index is 9.10. The van der Waals surface area contributed by atoms with Crippen LogP contribution >= 0.6 is 0 Å². The molecule has 0 spiro atoms. The molecular formula is C12H14N4O4. The van der Waals surface area contributed by atoms with E-state index < -0.39 is 11.9 Å². The van der Waals surface area contributed by atoms with Gasteiger partial charge in [-0.05, 0) is 18.7 Å². The molecule has 0 bridgehead atoms. The molecule has 1 fully saturated rings. The van der Waals surface area contributed by atoms with Crippen molar-refractivity contribution in [3.8, 4) is 6.07 Å². The molecule has 1 aromatic rings. The van der Waals surface area contributed by atoms with Crippen molar-refractivity contribution in [2.75, 3.05) is 24.5 Å². The summed E-state index contributed by atoms with van der Waals surface area (Å²) in [7, 11) is 0. The van der Waals surface area contributed by atoms with Crippen molar-refractivity contribution in [2.24, 2.45) is 11.7 Å². The number of carbonyl (C=O) groups is 2. The summed E-state index contributed by atoms with van der Waals surface area (Å²) in [6, 6.07) is 7.53. The Morgan fingerprint density at radius 1 is 1.40 bits per heavy atom. The molecule has 1 aromatic heterocycles. The molecule has 2 heterocycles. The Kier molecular flexibility index (Phi) is 5.43. The zero-order chi connectivity index (χ0) is 15.1. The summed E-state index contributed by atoms with van der Waals surface area (Å²) in [5, 5.41) is 23.5. The molecule has 20 heavy (non-hydrogen) atoms. The third-order valence-electron chi connectivity index (χ3n) is 2.65. The summed E-state index contributed by atoms with van der Waals surface area (Å²) in [6.45, 7) is 2.64. The van der Waals surface area contributed by atoms with Gasteiger partial charge in [-0.2, -0.15) is 5.26 Å². The van der Waals surface area contributed by atoms with Crippen LogP contribution in [0.15, 0.2) is 18.2 Å². The molecule has 8 nitrogen and oxygen atoms in total. The highest BCUT2D eigenvalue weighted by Gasteiger charge is 2.26. The molecule has 0 atom stereocenters. The van der Waals surface area contributed by atoms with Crippen LogP contribution in [0.1, 0.15) is 5.69 Å². The molecule has 0 aliphatic carbocycles. The van der Waals surface area contributed by atoms with Crippen molar-refractivity contribution in [3.05, 3.63) is 23.9 Å². The third-order valence-corrected chi connectivity index (χ3v) is 2.65. The SMILES string of the molecule is N#Cc1cccc(N2CC(CN)C2)n1.O=C(O)C(=O)O. The Labute approximate surface area is 115 Å². The molecule has 106 valence electrons. The Morgan fingerprint density at radius 3 is 2.45 bits per heavy atom. The van der Waals surface area contributed by atoms with Gasteiger partial charge >= 0.3 is 11.9 Å². The van der Waals surface area contributed by atoms with E-state index in [0.29, 0.717) is 11.6 Å². The maximum absolute atomic E-state index is 9.10. The minimum Gasteiger partial charge on any atom is -0.473 e. The summed E-state index contributed by atoms with van der Waals surface area (Å²) in [5.41, 5.74) is 6.00. The minimum atomic E-state index is -1.82. The van der Waals surface area contributed by atoms with Gasteiger partial charge in [0.25, 0.3) is 0 Å². The molecular weight excluding hydrogens is 264 g/mol. The highest BCUT2D eigenvalue weighted by atomic mass is 16.4. The second kappa shape index (κ2) is 7.06. The van der Waals surface area contributed by atoms with E-state index in [9.17, 15) is 0 Å². The minimum absolute atomic E-state index is 0.471. The van der Waals surface area contributed by atoms with Crippen molar-refractivity contribution in [2.45, 2.75) is 0 Å². The fraction of sp³-hybridized carbons (Fsp3) is 0.333. The first-order valence-corrected chi connectivity index (χ1v) is 5.76. The van der Waals surface area contributed by atoms with Crippen LogP contribution < -0.4 is 10.6 Å². The number of pyridine rings is 1. The largest absolute Gasteiger partial charge is 0.473 e. The van der Waals surface area contributed by atoms with E-state index in [1.165, 1.54) is 0 Å². The lowest BCUT2D eigenvalue weighted by Gasteiger charge is -2.39. The number of nitriles is 1. The quantitative estimate of drug-likeness (QED) is 0.615. The standard InChI is InChI=1S/C10H12N4.C2H2O4/c11-4-8-6-14(7-8)10-3-1-2-9(5-12)13-10;3-1(4)2(5)6/h1-3,8H,4,6-7,11H2;(H,3,4)(H,5,6). The van der Waals surface area contributed by atoms with E-state index in [1.54, 1.807) is 6.07 Å². The van der Waals surface area contributed by atoms with Gasteiger partial charge in [-0.3, -0.25) is 0 Å². The predicted molar refractivity (Wildman–Crippen MR) is 69.0 cm³/mol. The van der Waals surface area contributed by atoms with E-state index in [2.05, 4.69) is 9.88 Å². The lowest BCUT2D eigenvalue weighted by molar-refractivity contribution is -0.159. The van der Waals surface area contributed by atoms with E-state index in [0.717, 1.165) is 25.5 Å². The number of anilines is 1. The van der Waals surface area contributed by atoms with Crippen molar-refractivity contribution in [1.29, 1.82) is 5.26 Å². The van der Waals surface area contributed by atoms with Crippen molar-refractivity contribution >= 4 is 17.8 Å². The highest BCUT2D eigenvalue weighted by Crippen LogP contribution is 2.21. The number of carboxylic acid groups (broad SMARTS) is 2. The van der Waals surface area contributed by atoms with Crippen molar-refractivity contribution in [1.82, 2.24) is 4.98 Å². The first kappa shape index (κ1) is 15.4. The molecule has 1 saturated heterocycles. The number of aliphatic carboxylic acids is 2. The van der Waals surface area contributed by atoms with E-state index in [4.69, 9.17) is 30.8 Å². The summed E-state index contributed by atoms with van der Waals surface area (Å²) >= 11 is 0. The summed E-state index contributed by atoms with van der Waals surface area (Å²) in [4.78, 5) is 24.5. The van der Waals surface area contributed by atoms with E-state index in [-0.39, 0.29) is 0 Å². The lowest BCUT2D eigenvalue weighted by Crippen LogP contribution is -2.50. The summed E-state index contributed by atoms with van der Waals surface area (Å²) < 4.78 is 0. The fourth-order valence-electron chi connectivity index (χ4n) is 1.57. The highest BCUT2D eigenvalue weighted by molar-refractivity contribution is 6.27. The Balaban J connectivity index is 0.000000286.